The first-order valence-corrected chi connectivity index (χ1v) is 13.9. The van der Waals surface area contributed by atoms with Gasteiger partial charge in [0.15, 0.2) is 0 Å². The number of fused-ring (bicyclic) bond motifs is 1. The number of alkyl halides is 3. The maximum atomic E-state index is 14.2. The van der Waals surface area contributed by atoms with Crippen LogP contribution in [0.15, 0.2) is 60.2 Å². The van der Waals surface area contributed by atoms with Crippen LogP contribution in [0.2, 0.25) is 0 Å². The van der Waals surface area contributed by atoms with Crippen LogP contribution in [0, 0.1) is 5.92 Å². The van der Waals surface area contributed by atoms with Crippen LogP contribution in [0.4, 0.5) is 13.2 Å². The van der Waals surface area contributed by atoms with Gasteiger partial charge >= 0.3 is 12.1 Å². The van der Waals surface area contributed by atoms with E-state index in [1.54, 1.807) is 36.4 Å². The molecular weight excluding hydrogens is 521 g/mol. The molecule has 1 saturated heterocycles. The van der Waals surface area contributed by atoms with Crippen LogP contribution < -0.4 is 5.32 Å². The minimum atomic E-state index is -4.86. The Balaban J connectivity index is 1.55. The predicted octanol–water partition coefficient (Wildman–Crippen LogP) is 5.71. The number of hydrogen-bond acceptors (Lipinski definition) is 5. The van der Waals surface area contributed by atoms with E-state index in [9.17, 15) is 27.9 Å². The minimum absolute atomic E-state index is 0.0559. The summed E-state index contributed by atoms with van der Waals surface area (Å²) in [6.07, 6.45) is 0.421. The highest BCUT2D eigenvalue weighted by molar-refractivity contribution is 5.99. The zero-order chi connectivity index (χ0) is 28.5. The van der Waals surface area contributed by atoms with E-state index in [1.807, 2.05) is 11.0 Å². The Labute approximate surface area is 232 Å². The summed E-state index contributed by atoms with van der Waals surface area (Å²) < 4.78 is 48.7. The van der Waals surface area contributed by atoms with Crippen molar-refractivity contribution in [3.63, 3.8) is 0 Å². The third kappa shape index (κ3) is 5.75. The number of carbonyl (C=O) groups excluding carboxylic acids is 2. The van der Waals surface area contributed by atoms with Gasteiger partial charge in [-0.1, -0.05) is 48.9 Å². The number of nitrogens with one attached hydrogen (secondary N) is 1. The van der Waals surface area contributed by atoms with E-state index in [2.05, 4.69) is 5.32 Å². The van der Waals surface area contributed by atoms with Crippen LogP contribution in [0.1, 0.15) is 63.0 Å². The Bertz CT molecular complexity index is 1280. The summed E-state index contributed by atoms with van der Waals surface area (Å²) in [6, 6.07) is 14.8. The predicted molar refractivity (Wildman–Crippen MR) is 144 cm³/mol. The summed E-state index contributed by atoms with van der Waals surface area (Å²) in [5.74, 6) is -1.18. The standard InChI is InChI=1S/C31H35F3N2O4/c1-21(37)40-30-15-6-5-14-29(30,24-10-7-11-25(38)17-24)18-27(36(20-30)19-23-12-13-23)35-28(39)26(31(32,33)34)16-22-8-3-2-4-9-22/h2-4,7-11,16-17,23,27,38H,5-6,12-15,18-20H2,1H3,(H,35,39)/t27-,29-,30?/m0/s1. The molecule has 2 saturated carbocycles. The fraction of sp³-hybridized carbons (Fsp3) is 0.484. The summed E-state index contributed by atoms with van der Waals surface area (Å²) in [5, 5.41) is 13.1. The quantitative estimate of drug-likeness (QED) is 0.338. The molecule has 1 aliphatic heterocycles. The number of ether oxygens (including phenoxy) is 1. The van der Waals surface area contributed by atoms with Crippen molar-refractivity contribution in [3.8, 4) is 5.75 Å². The SMILES string of the molecule is CC(=O)OC12CCCC[C@@]1(c1cccc(O)c1)C[C@@H](NC(=O)C(=Cc1ccccc1)C(F)(F)F)N(CC1CC1)C2. The van der Waals surface area contributed by atoms with Gasteiger partial charge in [0.25, 0.3) is 5.91 Å². The number of phenols is 1. The second-order valence-electron chi connectivity index (χ2n) is 11.5. The van der Waals surface area contributed by atoms with Crippen molar-refractivity contribution in [1.82, 2.24) is 10.2 Å². The maximum absolute atomic E-state index is 14.2. The summed E-state index contributed by atoms with van der Waals surface area (Å²) in [5.41, 5.74) is -1.96. The Morgan fingerprint density at radius 1 is 1.10 bits per heavy atom. The molecule has 5 rings (SSSR count). The molecule has 40 heavy (non-hydrogen) atoms. The van der Waals surface area contributed by atoms with Crippen LogP contribution in [-0.4, -0.2) is 52.9 Å². The van der Waals surface area contributed by atoms with E-state index in [4.69, 9.17) is 4.74 Å². The second-order valence-corrected chi connectivity index (χ2v) is 11.5. The van der Waals surface area contributed by atoms with Crippen molar-refractivity contribution in [1.29, 1.82) is 0 Å². The van der Waals surface area contributed by atoms with E-state index in [1.165, 1.54) is 19.1 Å². The van der Waals surface area contributed by atoms with E-state index in [0.717, 1.165) is 37.3 Å². The fourth-order valence-corrected chi connectivity index (χ4v) is 6.69. The smallest absolute Gasteiger partial charge is 0.421 e. The molecule has 3 atom stereocenters. The third-order valence-electron chi connectivity index (χ3n) is 8.63. The van der Waals surface area contributed by atoms with Gasteiger partial charge in [0.1, 0.15) is 16.9 Å². The van der Waals surface area contributed by atoms with E-state index >= 15 is 0 Å². The van der Waals surface area contributed by atoms with Crippen molar-refractivity contribution in [2.45, 2.75) is 75.2 Å². The number of rotatable bonds is 7. The number of esters is 1. The molecule has 1 unspecified atom stereocenters. The lowest BCUT2D eigenvalue weighted by molar-refractivity contribution is -0.193. The number of amides is 1. The molecule has 3 aliphatic rings. The molecular formula is C31H35F3N2O4. The number of carbonyl (C=O) groups is 2. The molecule has 0 radical (unpaired) electrons. The minimum Gasteiger partial charge on any atom is -0.508 e. The van der Waals surface area contributed by atoms with Crippen LogP contribution in [0.5, 0.6) is 5.75 Å². The monoisotopic (exact) mass is 556 g/mol. The van der Waals surface area contributed by atoms with Crippen LogP contribution in [0.25, 0.3) is 6.08 Å². The van der Waals surface area contributed by atoms with E-state index in [0.29, 0.717) is 25.3 Å². The molecule has 2 N–H and O–H groups in total. The maximum Gasteiger partial charge on any atom is 0.421 e. The molecule has 0 spiro atoms. The number of likely N-dealkylation sites (tertiary alicyclic amines) is 1. The zero-order valence-electron chi connectivity index (χ0n) is 22.5. The highest BCUT2D eigenvalue weighted by Crippen LogP contribution is 2.55. The lowest BCUT2D eigenvalue weighted by Crippen LogP contribution is -2.71. The average Bonchev–Trinajstić information content (AvgIpc) is 3.71. The molecule has 214 valence electrons. The molecule has 3 fully saturated rings. The van der Waals surface area contributed by atoms with Crippen LogP contribution in [0.3, 0.4) is 0 Å². The molecule has 1 amide bonds. The number of hydrogen-bond donors (Lipinski definition) is 2. The van der Waals surface area contributed by atoms with Crippen LogP contribution >= 0.6 is 0 Å². The first-order valence-electron chi connectivity index (χ1n) is 13.9. The molecule has 6 nitrogen and oxygen atoms in total. The molecule has 2 aliphatic carbocycles. The van der Waals surface area contributed by atoms with Gasteiger partial charge in [0, 0.05) is 25.4 Å². The number of aromatic hydroxyl groups is 1. The lowest BCUT2D eigenvalue weighted by Gasteiger charge is -2.60. The summed E-state index contributed by atoms with van der Waals surface area (Å²) >= 11 is 0. The number of benzene rings is 2. The van der Waals surface area contributed by atoms with E-state index < -0.39 is 40.8 Å². The molecule has 9 heteroatoms. The molecule has 0 bridgehead atoms. The largest absolute Gasteiger partial charge is 0.508 e. The molecule has 2 aromatic carbocycles. The van der Waals surface area contributed by atoms with Gasteiger partial charge < -0.3 is 15.2 Å². The van der Waals surface area contributed by atoms with Gasteiger partial charge in [-0.3, -0.25) is 14.5 Å². The van der Waals surface area contributed by atoms with Crippen molar-refractivity contribution in [2.75, 3.05) is 13.1 Å². The van der Waals surface area contributed by atoms with Crippen molar-refractivity contribution >= 4 is 18.0 Å². The number of halogens is 3. The zero-order valence-corrected chi connectivity index (χ0v) is 22.5. The normalized spacial score (nSPS) is 27.5. The van der Waals surface area contributed by atoms with Gasteiger partial charge in [0.05, 0.1) is 6.17 Å². The highest BCUT2D eigenvalue weighted by atomic mass is 19.4. The lowest BCUT2D eigenvalue weighted by atomic mass is 9.55. The summed E-state index contributed by atoms with van der Waals surface area (Å²) in [7, 11) is 0. The Hall–Kier alpha value is -3.33. The first-order chi connectivity index (χ1) is 19.0. The molecule has 1 heterocycles. The van der Waals surface area contributed by atoms with Crippen molar-refractivity contribution < 1.29 is 32.6 Å². The topological polar surface area (TPSA) is 78.9 Å². The highest BCUT2D eigenvalue weighted by Gasteiger charge is 2.61. The third-order valence-corrected chi connectivity index (χ3v) is 8.63. The van der Waals surface area contributed by atoms with Gasteiger partial charge in [0.2, 0.25) is 0 Å². The van der Waals surface area contributed by atoms with E-state index in [-0.39, 0.29) is 24.3 Å². The first kappa shape index (κ1) is 28.2. The molecule has 0 aromatic heterocycles. The van der Waals surface area contributed by atoms with Crippen molar-refractivity contribution in [2.24, 2.45) is 5.92 Å². The summed E-state index contributed by atoms with van der Waals surface area (Å²) in [6.45, 7) is 2.25. The number of phenolic OH excluding ortho intramolecular Hbond substituents is 1. The van der Waals surface area contributed by atoms with Gasteiger partial charge in [-0.05, 0) is 73.8 Å². The van der Waals surface area contributed by atoms with Gasteiger partial charge in [-0.2, -0.15) is 13.2 Å². The summed E-state index contributed by atoms with van der Waals surface area (Å²) in [4.78, 5) is 27.9. The fourth-order valence-electron chi connectivity index (χ4n) is 6.69. The molecule has 2 aromatic rings. The van der Waals surface area contributed by atoms with Gasteiger partial charge in [-0.25, -0.2) is 0 Å². The second kappa shape index (κ2) is 10.9. The van der Waals surface area contributed by atoms with Crippen molar-refractivity contribution in [3.05, 3.63) is 71.3 Å². The van der Waals surface area contributed by atoms with Crippen LogP contribution in [-0.2, 0) is 19.7 Å². The Morgan fingerprint density at radius 2 is 1.82 bits per heavy atom. The average molecular weight is 557 g/mol. The number of piperidine rings is 1. The Morgan fingerprint density at radius 3 is 2.48 bits per heavy atom. The number of nitrogens with zero attached hydrogens (tertiary/aromatic N) is 1. The van der Waals surface area contributed by atoms with Gasteiger partial charge in [-0.15, -0.1) is 0 Å². The Kier molecular flexibility index (Phi) is 7.70.